The number of hydrogen-bond acceptors (Lipinski definition) is 2. The van der Waals surface area contributed by atoms with E-state index in [2.05, 4.69) is 61.1 Å². The van der Waals surface area contributed by atoms with Gasteiger partial charge >= 0.3 is 0 Å². The minimum absolute atomic E-state index is 0.221. The van der Waals surface area contributed by atoms with Gasteiger partial charge < -0.3 is 10.1 Å². The van der Waals surface area contributed by atoms with Gasteiger partial charge in [-0.15, -0.1) is 0 Å². The summed E-state index contributed by atoms with van der Waals surface area (Å²) in [5.41, 5.74) is 1.25. The van der Waals surface area contributed by atoms with E-state index in [0.717, 1.165) is 10.2 Å². The lowest BCUT2D eigenvalue weighted by atomic mass is 10.1. The van der Waals surface area contributed by atoms with Gasteiger partial charge in [0.25, 0.3) is 0 Å². The maximum Gasteiger partial charge on any atom is 0.133 e. The van der Waals surface area contributed by atoms with Crippen LogP contribution < -0.4 is 10.1 Å². The van der Waals surface area contributed by atoms with Crippen molar-refractivity contribution in [2.24, 2.45) is 5.92 Å². The van der Waals surface area contributed by atoms with Gasteiger partial charge in [0.15, 0.2) is 0 Å². The Labute approximate surface area is 113 Å². The molecule has 3 heteroatoms. The third-order valence-electron chi connectivity index (χ3n) is 3.14. The third-order valence-corrected chi connectivity index (χ3v) is 3.76. The maximum absolute atomic E-state index is 5.91. The largest absolute Gasteiger partial charge is 0.489 e. The van der Waals surface area contributed by atoms with E-state index >= 15 is 0 Å². The summed E-state index contributed by atoms with van der Waals surface area (Å²) in [5, 5.41) is 3.23. The molecule has 1 aromatic carbocycles. The normalized spacial score (nSPS) is 14.8. The topological polar surface area (TPSA) is 21.3 Å². The highest BCUT2D eigenvalue weighted by Crippen LogP contribution is 2.29. The Morgan fingerprint density at radius 3 is 2.29 bits per heavy atom. The van der Waals surface area contributed by atoms with Gasteiger partial charge in [-0.1, -0.05) is 19.9 Å². The molecule has 0 saturated carbocycles. The molecule has 17 heavy (non-hydrogen) atoms. The van der Waals surface area contributed by atoms with Crippen LogP contribution in [0.1, 0.15) is 39.3 Å². The van der Waals surface area contributed by atoms with Crippen molar-refractivity contribution in [1.29, 1.82) is 0 Å². The quantitative estimate of drug-likeness (QED) is 0.882. The first-order chi connectivity index (χ1) is 7.95. The molecule has 0 bridgehead atoms. The van der Waals surface area contributed by atoms with Crippen molar-refractivity contribution in [3.05, 3.63) is 28.2 Å². The number of hydrogen-bond donors (Lipinski definition) is 1. The van der Waals surface area contributed by atoms with Crippen LogP contribution >= 0.6 is 15.9 Å². The fraction of sp³-hybridized carbons (Fsp3) is 0.571. The van der Waals surface area contributed by atoms with Crippen LogP contribution in [0.2, 0.25) is 0 Å². The van der Waals surface area contributed by atoms with Crippen LogP contribution in [-0.4, -0.2) is 13.2 Å². The Morgan fingerprint density at radius 1 is 1.18 bits per heavy atom. The molecule has 1 rings (SSSR count). The van der Waals surface area contributed by atoms with Gasteiger partial charge in [0, 0.05) is 6.04 Å². The molecule has 2 atom stereocenters. The summed E-state index contributed by atoms with van der Waals surface area (Å²) < 4.78 is 6.93. The van der Waals surface area contributed by atoms with Crippen molar-refractivity contribution in [2.45, 2.75) is 39.8 Å². The summed E-state index contributed by atoms with van der Waals surface area (Å²) in [6, 6.07) is 6.60. The second-order valence-electron chi connectivity index (χ2n) is 4.77. The fourth-order valence-electron chi connectivity index (χ4n) is 1.39. The van der Waals surface area contributed by atoms with Gasteiger partial charge in [0.2, 0.25) is 0 Å². The minimum Gasteiger partial charge on any atom is -0.489 e. The SMILES string of the molecule is CNC(C)c1ccc(OC(C)C(C)C)c(Br)c1. The lowest BCUT2D eigenvalue weighted by Gasteiger charge is -2.20. The predicted molar refractivity (Wildman–Crippen MR) is 76.5 cm³/mol. The van der Waals surface area contributed by atoms with Gasteiger partial charge in [-0.2, -0.15) is 0 Å². The molecule has 0 spiro atoms. The van der Waals surface area contributed by atoms with Crippen LogP contribution in [0.4, 0.5) is 0 Å². The Kier molecular flexibility index (Phi) is 5.47. The molecule has 2 unspecified atom stereocenters. The minimum atomic E-state index is 0.221. The molecule has 0 aliphatic carbocycles. The summed E-state index contributed by atoms with van der Waals surface area (Å²) in [5.74, 6) is 1.43. The Morgan fingerprint density at radius 2 is 1.82 bits per heavy atom. The van der Waals surface area contributed by atoms with Crippen LogP contribution in [0.5, 0.6) is 5.75 Å². The summed E-state index contributed by atoms with van der Waals surface area (Å²) in [6.45, 7) is 8.56. The first-order valence-electron chi connectivity index (χ1n) is 6.09. The highest BCUT2D eigenvalue weighted by atomic mass is 79.9. The third kappa shape index (κ3) is 4.00. The molecule has 0 amide bonds. The molecule has 0 aliphatic rings. The highest BCUT2D eigenvalue weighted by molar-refractivity contribution is 9.10. The highest BCUT2D eigenvalue weighted by Gasteiger charge is 2.12. The second kappa shape index (κ2) is 6.41. The van der Waals surface area contributed by atoms with E-state index in [9.17, 15) is 0 Å². The van der Waals surface area contributed by atoms with E-state index < -0.39 is 0 Å². The molecule has 96 valence electrons. The summed E-state index contributed by atoms with van der Waals surface area (Å²) >= 11 is 3.57. The standard InChI is InChI=1S/C14H22BrNO/c1-9(2)11(4)17-14-7-6-12(8-13(14)15)10(3)16-5/h6-11,16H,1-5H3. The van der Waals surface area contributed by atoms with Gasteiger partial charge in [0.1, 0.15) is 5.75 Å². The van der Waals surface area contributed by atoms with Gasteiger partial charge in [-0.25, -0.2) is 0 Å². The van der Waals surface area contributed by atoms with E-state index in [4.69, 9.17) is 4.74 Å². The average molecular weight is 300 g/mol. The van der Waals surface area contributed by atoms with Gasteiger partial charge in [0.05, 0.1) is 10.6 Å². The van der Waals surface area contributed by atoms with Gasteiger partial charge in [-0.3, -0.25) is 0 Å². The summed E-state index contributed by atoms with van der Waals surface area (Å²) in [7, 11) is 1.96. The molecule has 2 nitrogen and oxygen atoms in total. The van der Waals surface area contributed by atoms with E-state index in [1.165, 1.54) is 5.56 Å². The molecular weight excluding hydrogens is 278 g/mol. The van der Waals surface area contributed by atoms with Crippen molar-refractivity contribution in [2.75, 3.05) is 7.05 Å². The first kappa shape index (κ1) is 14.5. The molecule has 1 N–H and O–H groups in total. The van der Waals surface area contributed by atoms with Crippen molar-refractivity contribution in [3.63, 3.8) is 0 Å². The maximum atomic E-state index is 5.91. The van der Waals surface area contributed by atoms with Crippen molar-refractivity contribution in [1.82, 2.24) is 5.32 Å². The zero-order valence-electron chi connectivity index (χ0n) is 11.3. The zero-order chi connectivity index (χ0) is 13.0. The van der Waals surface area contributed by atoms with E-state index in [1.807, 2.05) is 13.1 Å². The van der Waals surface area contributed by atoms with Crippen LogP contribution in [0, 0.1) is 5.92 Å². The molecule has 0 heterocycles. The van der Waals surface area contributed by atoms with E-state index in [-0.39, 0.29) is 6.10 Å². The lowest BCUT2D eigenvalue weighted by Crippen LogP contribution is -2.19. The molecule has 1 aromatic rings. The van der Waals surface area contributed by atoms with Crippen LogP contribution in [0.3, 0.4) is 0 Å². The van der Waals surface area contributed by atoms with E-state index in [0.29, 0.717) is 12.0 Å². The average Bonchev–Trinajstić information content (AvgIpc) is 2.30. The lowest BCUT2D eigenvalue weighted by molar-refractivity contribution is 0.169. The molecule has 0 saturated heterocycles. The Hall–Kier alpha value is -0.540. The van der Waals surface area contributed by atoms with Crippen molar-refractivity contribution >= 4 is 15.9 Å². The number of ether oxygens (including phenoxy) is 1. The number of halogens is 1. The first-order valence-corrected chi connectivity index (χ1v) is 6.88. The van der Waals surface area contributed by atoms with Crippen LogP contribution in [0.15, 0.2) is 22.7 Å². The number of rotatable bonds is 5. The monoisotopic (exact) mass is 299 g/mol. The number of benzene rings is 1. The summed E-state index contributed by atoms with van der Waals surface area (Å²) in [6.07, 6.45) is 0.221. The molecule has 0 aromatic heterocycles. The predicted octanol–water partition coefficient (Wildman–Crippen LogP) is 4.15. The second-order valence-corrected chi connectivity index (χ2v) is 5.62. The smallest absolute Gasteiger partial charge is 0.133 e. The van der Waals surface area contributed by atoms with Crippen molar-refractivity contribution in [3.8, 4) is 5.75 Å². The Balaban J connectivity index is 2.83. The van der Waals surface area contributed by atoms with Gasteiger partial charge in [-0.05, 0) is 60.4 Å². The Bertz CT molecular complexity index is 365. The van der Waals surface area contributed by atoms with E-state index in [1.54, 1.807) is 0 Å². The fourth-order valence-corrected chi connectivity index (χ4v) is 1.87. The van der Waals surface area contributed by atoms with Crippen LogP contribution in [0.25, 0.3) is 0 Å². The number of nitrogens with one attached hydrogen (secondary N) is 1. The zero-order valence-corrected chi connectivity index (χ0v) is 12.8. The summed E-state index contributed by atoms with van der Waals surface area (Å²) in [4.78, 5) is 0. The van der Waals surface area contributed by atoms with Crippen molar-refractivity contribution < 1.29 is 4.74 Å². The molecular formula is C14H22BrNO. The molecule has 0 fully saturated rings. The molecule has 0 aliphatic heterocycles. The van der Waals surface area contributed by atoms with Crippen LogP contribution in [-0.2, 0) is 0 Å². The molecule has 0 radical (unpaired) electrons.